The van der Waals surface area contributed by atoms with E-state index in [-0.39, 0.29) is 26.7 Å². The lowest BCUT2D eigenvalue weighted by molar-refractivity contribution is 0.0698. The SMILES string of the molecule is O=C(Nc1ccccc1C(=O)O)c1cc(S(=O)(=O)Nc2ccc(Br)cc2)ccc1Cl. The van der Waals surface area contributed by atoms with Crippen LogP contribution in [0.1, 0.15) is 20.7 Å². The van der Waals surface area contributed by atoms with Gasteiger partial charge in [0.15, 0.2) is 0 Å². The summed E-state index contributed by atoms with van der Waals surface area (Å²) in [6.45, 7) is 0. The van der Waals surface area contributed by atoms with Gasteiger partial charge in [0.25, 0.3) is 15.9 Å². The molecule has 0 saturated heterocycles. The monoisotopic (exact) mass is 508 g/mol. The number of benzene rings is 3. The van der Waals surface area contributed by atoms with E-state index in [4.69, 9.17) is 11.6 Å². The number of aromatic carboxylic acids is 1. The van der Waals surface area contributed by atoms with Crippen molar-refractivity contribution in [3.8, 4) is 0 Å². The van der Waals surface area contributed by atoms with Gasteiger partial charge in [-0.15, -0.1) is 0 Å². The summed E-state index contributed by atoms with van der Waals surface area (Å²) in [7, 11) is -3.99. The summed E-state index contributed by atoms with van der Waals surface area (Å²) in [5, 5.41) is 11.7. The maximum atomic E-state index is 12.7. The van der Waals surface area contributed by atoms with E-state index in [1.807, 2.05) is 0 Å². The highest BCUT2D eigenvalue weighted by molar-refractivity contribution is 9.10. The number of anilines is 2. The van der Waals surface area contributed by atoms with Crippen molar-refractivity contribution in [2.24, 2.45) is 0 Å². The fraction of sp³-hybridized carbons (Fsp3) is 0. The van der Waals surface area contributed by atoms with E-state index in [2.05, 4.69) is 26.0 Å². The Kier molecular flexibility index (Phi) is 6.45. The van der Waals surface area contributed by atoms with Crippen molar-refractivity contribution in [3.05, 3.63) is 87.4 Å². The smallest absolute Gasteiger partial charge is 0.337 e. The average molecular weight is 510 g/mol. The Morgan fingerprint density at radius 2 is 1.60 bits per heavy atom. The van der Waals surface area contributed by atoms with Gasteiger partial charge in [0, 0.05) is 10.2 Å². The predicted molar refractivity (Wildman–Crippen MR) is 118 cm³/mol. The molecule has 0 radical (unpaired) electrons. The van der Waals surface area contributed by atoms with Crippen LogP contribution in [0.4, 0.5) is 11.4 Å². The molecule has 0 bridgehead atoms. The molecule has 0 heterocycles. The molecule has 30 heavy (non-hydrogen) atoms. The first-order valence-corrected chi connectivity index (χ1v) is 11.0. The molecule has 3 rings (SSSR count). The summed E-state index contributed by atoms with van der Waals surface area (Å²) in [6.07, 6.45) is 0. The van der Waals surface area contributed by atoms with Gasteiger partial charge in [-0.3, -0.25) is 9.52 Å². The number of rotatable bonds is 6. The molecule has 0 spiro atoms. The fourth-order valence-electron chi connectivity index (χ4n) is 2.55. The molecule has 3 aromatic rings. The Hall–Kier alpha value is -2.88. The average Bonchev–Trinajstić information content (AvgIpc) is 2.70. The quantitative estimate of drug-likeness (QED) is 0.439. The molecule has 154 valence electrons. The fourth-order valence-corrected chi connectivity index (χ4v) is 4.10. The molecule has 0 aliphatic heterocycles. The Labute approximate surface area is 185 Å². The first-order valence-electron chi connectivity index (χ1n) is 8.39. The summed E-state index contributed by atoms with van der Waals surface area (Å²) in [4.78, 5) is 23.8. The zero-order valence-electron chi connectivity index (χ0n) is 15.1. The Morgan fingerprint density at radius 3 is 2.27 bits per heavy atom. The van der Waals surface area contributed by atoms with Gasteiger partial charge in [0.2, 0.25) is 0 Å². The number of para-hydroxylation sites is 1. The van der Waals surface area contributed by atoms with Crippen molar-refractivity contribution in [1.82, 2.24) is 0 Å². The van der Waals surface area contributed by atoms with Crippen LogP contribution < -0.4 is 10.0 Å². The van der Waals surface area contributed by atoms with Crippen molar-refractivity contribution in [2.75, 3.05) is 10.0 Å². The lowest BCUT2D eigenvalue weighted by Gasteiger charge is -2.12. The second-order valence-electron chi connectivity index (χ2n) is 6.06. The predicted octanol–water partition coefficient (Wildman–Crippen LogP) is 4.85. The van der Waals surface area contributed by atoms with Gasteiger partial charge in [0.1, 0.15) is 0 Å². The molecule has 0 aliphatic rings. The number of carbonyl (C=O) groups is 2. The highest BCUT2D eigenvalue weighted by atomic mass is 79.9. The number of sulfonamides is 1. The molecular formula is C20H14BrClN2O5S. The normalized spacial score (nSPS) is 11.0. The summed E-state index contributed by atoms with van der Waals surface area (Å²) in [5.41, 5.74) is 0.181. The van der Waals surface area contributed by atoms with Crippen molar-refractivity contribution < 1.29 is 23.1 Å². The summed E-state index contributed by atoms with van der Waals surface area (Å²) < 4.78 is 28.6. The van der Waals surface area contributed by atoms with E-state index in [1.54, 1.807) is 30.3 Å². The van der Waals surface area contributed by atoms with Crippen LogP contribution >= 0.6 is 27.5 Å². The molecule has 10 heteroatoms. The molecule has 0 aliphatic carbocycles. The summed E-state index contributed by atoms with van der Waals surface area (Å²) >= 11 is 9.36. The van der Waals surface area contributed by atoms with Crippen LogP contribution in [-0.4, -0.2) is 25.4 Å². The van der Waals surface area contributed by atoms with E-state index < -0.39 is 21.9 Å². The number of carbonyl (C=O) groups excluding carboxylic acids is 1. The van der Waals surface area contributed by atoms with Crippen LogP contribution in [0.2, 0.25) is 5.02 Å². The number of hydrogen-bond donors (Lipinski definition) is 3. The zero-order valence-corrected chi connectivity index (χ0v) is 18.3. The molecule has 7 nitrogen and oxygen atoms in total. The van der Waals surface area contributed by atoms with Gasteiger partial charge >= 0.3 is 5.97 Å². The van der Waals surface area contributed by atoms with Gasteiger partial charge in [-0.05, 0) is 54.6 Å². The van der Waals surface area contributed by atoms with E-state index in [0.717, 1.165) is 10.5 Å². The van der Waals surface area contributed by atoms with Crippen molar-refractivity contribution >= 4 is 60.8 Å². The maximum absolute atomic E-state index is 12.7. The zero-order chi connectivity index (χ0) is 21.9. The topological polar surface area (TPSA) is 113 Å². The third-order valence-electron chi connectivity index (χ3n) is 3.99. The molecule has 3 N–H and O–H groups in total. The largest absolute Gasteiger partial charge is 0.478 e. The minimum atomic E-state index is -3.99. The molecule has 0 atom stereocenters. The van der Waals surface area contributed by atoms with Crippen LogP contribution in [0, 0.1) is 0 Å². The van der Waals surface area contributed by atoms with Crippen LogP contribution in [0.25, 0.3) is 0 Å². The molecule has 0 unspecified atom stereocenters. The van der Waals surface area contributed by atoms with Gasteiger partial charge in [-0.25, -0.2) is 13.2 Å². The highest BCUT2D eigenvalue weighted by Crippen LogP contribution is 2.25. The van der Waals surface area contributed by atoms with E-state index in [1.165, 1.54) is 30.3 Å². The van der Waals surface area contributed by atoms with Gasteiger partial charge in [-0.1, -0.05) is 39.7 Å². The van der Waals surface area contributed by atoms with Crippen LogP contribution in [0.5, 0.6) is 0 Å². The number of halogens is 2. The second kappa shape index (κ2) is 8.86. The van der Waals surface area contributed by atoms with Crippen molar-refractivity contribution in [1.29, 1.82) is 0 Å². The van der Waals surface area contributed by atoms with Crippen LogP contribution in [0.15, 0.2) is 76.1 Å². The molecular weight excluding hydrogens is 496 g/mol. The van der Waals surface area contributed by atoms with Crippen LogP contribution in [-0.2, 0) is 10.0 Å². The van der Waals surface area contributed by atoms with Crippen molar-refractivity contribution in [2.45, 2.75) is 4.90 Å². The Morgan fingerprint density at radius 1 is 0.933 bits per heavy atom. The van der Waals surface area contributed by atoms with Crippen molar-refractivity contribution in [3.63, 3.8) is 0 Å². The highest BCUT2D eigenvalue weighted by Gasteiger charge is 2.20. The number of amides is 1. The molecule has 0 saturated carbocycles. The van der Waals surface area contributed by atoms with E-state index in [9.17, 15) is 23.1 Å². The Balaban J connectivity index is 1.90. The number of nitrogens with one attached hydrogen (secondary N) is 2. The lowest BCUT2D eigenvalue weighted by Crippen LogP contribution is -2.17. The minimum absolute atomic E-state index is 0.0166. The Bertz CT molecular complexity index is 1230. The second-order valence-corrected chi connectivity index (χ2v) is 9.06. The minimum Gasteiger partial charge on any atom is -0.478 e. The maximum Gasteiger partial charge on any atom is 0.337 e. The molecule has 1 amide bonds. The molecule has 0 fully saturated rings. The molecule has 0 aromatic heterocycles. The van der Waals surface area contributed by atoms with E-state index >= 15 is 0 Å². The third kappa shape index (κ3) is 4.99. The van der Waals surface area contributed by atoms with Crippen LogP contribution in [0.3, 0.4) is 0 Å². The lowest BCUT2D eigenvalue weighted by atomic mass is 10.1. The van der Waals surface area contributed by atoms with Gasteiger partial charge in [0.05, 0.1) is 26.7 Å². The standard InChI is InChI=1S/C20H14BrClN2O5S/c21-12-5-7-13(8-6-12)24-30(28,29)14-9-10-17(22)16(11-14)19(25)23-18-4-2-1-3-15(18)20(26)27/h1-11,24H,(H,23,25)(H,26,27). The molecule has 3 aromatic carbocycles. The van der Waals surface area contributed by atoms with Gasteiger partial charge < -0.3 is 10.4 Å². The van der Waals surface area contributed by atoms with E-state index in [0.29, 0.717) is 5.69 Å². The number of hydrogen-bond acceptors (Lipinski definition) is 4. The third-order valence-corrected chi connectivity index (χ3v) is 6.23. The van der Waals surface area contributed by atoms with Gasteiger partial charge in [-0.2, -0.15) is 0 Å². The number of carboxylic acid groups (broad SMARTS) is 1. The first-order chi connectivity index (χ1) is 14.2. The first kappa shape index (κ1) is 21.8. The summed E-state index contributed by atoms with van der Waals surface area (Å²) in [6, 6.07) is 16.0. The summed E-state index contributed by atoms with van der Waals surface area (Å²) in [5.74, 6) is -1.96. The number of carboxylic acids is 1.